The van der Waals surface area contributed by atoms with Gasteiger partial charge in [-0.3, -0.25) is 4.79 Å². The SMILES string of the molecule is CCOC(=O)C1(NC(=O)CCc2nc(-c3ccc(C(C)C)cc3)no2)CCCC1. The quantitative estimate of drug-likeness (QED) is 0.679. The molecule has 0 radical (unpaired) electrons. The van der Waals surface area contributed by atoms with Crippen LogP contribution in [-0.4, -0.2) is 34.2 Å². The van der Waals surface area contributed by atoms with Gasteiger partial charge in [0.25, 0.3) is 0 Å². The molecule has 1 aliphatic carbocycles. The minimum absolute atomic E-state index is 0.176. The van der Waals surface area contributed by atoms with E-state index in [0.717, 1.165) is 18.4 Å². The number of carbonyl (C=O) groups excluding carboxylic acids is 2. The smallest absolute Gasteiger partial charge is 0.331 e. The number of hydrogen-bond acceptors (Lipinski definition) is 6. The number of amides is 1. The van der Waals surface area contributed by atoms with Gasteiger partial charge in [0.1, 0.15) is 5.54 Å². The van der Waals surface area contributed by atoms with Crippen LogP contribution in [0.2, 0.25) is 0 Å². The predicted molar refractivity (Wildman–Crippen MR) is 108 cm³/mol. The minimum Gasteiger partial charge on any atom is -0.464 e. The van der Waals surface area contributed by atoms with Crippen molar-refractivity contribution in [3.63, 3.8) is 0 Å². The maximum atomic E-state index is 12.5. The second-order valence-corrected chi connectivity index (χ2v) is 7.85. The summed E-state index contributed by atoms with van der Waals surface area (Å²) in [4.78, 5) is 29.2. The standard InChI is InChI=1S/C22H29N3O4/c1-4-28-21(27)22(13-5-6-14-22)24-18(26)11-12-19-23-20(25-29-19)17-9-7-16(8-10-17)15(2)3/h7-10,15H,4-6,11-14H2,1-3H3,(H,24,26). The zero-order chi connectivity index (χ0) is 20.9. The third-order valence-corrected chi connectivity index (χ3v) is 5.37. The van der Waals surface area contributed by atoms with E-state index in [9.17, 15) is 9.59 Å². The first-order valence-electron chi connectivity index (χ1n) is 10.3. The summed E-state index contributed by atoms with van der Waals surface area (Å²) in [5, 5.41) is 6.92. The van der Waals surface area contributed by atoms with Crippen LogP contribution in [-0.2, 0) is 20.7 Å². The Morgan fingerprint density at radius 2 is 1.90 bits per heavy atom. The van der Waals surface area contributed by atoms with Gasteiger partial charge in [-0.25, -0.2) is 4.79 Å². The van der Waals surface area contributed by atoms with Gasteiger partial charge in [-0.15, -0.1) is 0 Å². The van der Waals surface area contributed by atoms with Crippen molar-refractivity contribution in [3.05, 3.63) is 35.7 Å². The van der Waals surface area contributed by atoms with Crippen molar-refractivity contribution in [1.29, 1.82) is 0 Å². The molecule has 0 unspecified atom stereocenters. The normalized spacial score (nSPS) is 15.4. The maximum Gasteiger partial charge on any atom is 0.331 e. The molecule has 29 heavy (non-hydrogen) atoms. The van der Waals surface area contributed by atoms with Crippen LogP contribution < -0.4 is 5.32 Å². The molecule has 1 heterocycles. The molecule has 0 bridgehead atoms. The number of ether oxygens (including phenoxy) is 1. The summed E-state index contributed by atoms with van der Waals surface area (Å²) < 4.78 is 10.5. The number of aromatic nitrogens is 2. The molecular formula is C22H29N3O4. The van der Waals surface area contributed by atoms with Crippen LogP contribution >= 0.6 is 0 Å². The van der Waals surface area contributed by atoms with E-state index in [0.29, 0.717) is 43.5 Å². The molecule has 0 aliphatic heterocycles. The Kier molecular flexibility index (Phi) is 6.67. The highest BCUT2D eigenvalue weighted by Gasteiger charge is 2.43. The summed E-state index contributed by atoms with van der Waals surface area (Å²) in [6, 6.07) is 8.06. The third kappa shape index (κ3) is 5.02. The van der Waals surface area contributed by atoms with E-state index in [1.807, 2.05) is 12.1 Å². The summed E-state index contributed by atoms with van der Waals surface area (Å²) >= 11 is 0. The van der Waals surface area contributed by atoms with Crippen LogP contribution in [0, 0.1) is 0 Å². The zero-order valence-corrected chi connectivity index (χ0v) is 17.4. The van der Waals surface area contributed by atoms with Gasteiger partial charge in [0.15, 0.2) is 0 Å². The molecule has 2 aromatic rings. The van der Waals surface area contributed by atoms with Crippen LogP contribution in [0.15, 0.2) is 28.8 Å². The summed E-state index contributed by atoms with van der Waals surface area (Å²) in [5.41, 5.74) is 1.24. The summed E-state index contributed by atoms with van der Waals surface area (Å²) in [5.74, 6) is 0.826. The van der Waals surface area contributed by atoms with Crippen molar-refractivity contribution < 1.29 is 18.8 Å². The molecule has 0 atom stereocenters. The average molecular weight is 399 g/mol. The molecule has 1 aromatic carbocycles. The number of nitrogens with one attached hydrogen (secondary N) is 1. The fourth-order valence-electron chi connectivity index (χ4n) is 3.67. The Hall–Kier alpha value is -2.70. The zero-order valence-electron chi connectivity index (χ0n) is 17.4. The van der Waals surface area contributed by atoms with E-state index in [4.69, 9.17) is 9.26 Å². The van der Waals surface area contributed by atoms with E-state index in [2.05, 4.69) is 41.4 Å². The van der Waals surface area contributed by atoms with E-state index in [-0.39, 0.29) is 18.3 Å². The molecule has 1 amide bonds. The Morgan fingerprint density at radius 1 is 1.21 bits per heavy atom. The van der Waals surface area contributed by atoms with Gasteiger partial charge in [-0.1, -0.05) is 56.1 Å². The van der Waals surface area contributed by atoms with E-state index in [1.54, 1.807) is 6.92 Å². The van der Waals surface area contributed by atoms with Gasteiger partial charge in [-0.2, -0.15) is 4.98 Å². The largest absolute Gasteiger partial charge is 0.464 e. The molecule has 7 nitrogen and oxygen atoms in total. The number of esters is 1. The molecule has 0 spiro atoms. The first-order valence-corrected chi connectivity index (χ1v) is 10.3. The molecule has 0 saturated heterocycles. The molecular weight excluding hydrogens is 370 g/mol. The maximum absolute atomic E-state index is 12.5. The fraction of sp³-hybridized carbons (Fsp3) is 0.545. The van der Waals surface area contributed by atoms with Crippen molar-refractivity contribution >= 4 is 11.9 Å². The lowest BCUT2D eigenvalue weighted by Gasteiger charge is -2.27. The highest BCUT2D eigenvalue weighted by atomic mass is 16.5. The molecule has 7 heteroatoms. The predicted octanol–water partition coefficient (Wildman–Crippen LogP) is 3.78. The molecule has 1 aromatic heterocycles. The fourth-order valence-corrected chi connectivity index (χ4v) is 3.67. The highest BCUT2D eigenvalue weighted by Crippen LogP contribution is 2.31. The van der Waals surface area contributed by atoms with Crippen molar-refractivity contribution in [2.24, 2.45) is 0 Å². The number of rotatable bonds is 8. The van der Waals surface area contributed by atoms with Crippen LogP contribution in [0.25, 0.3) is 11.4 Å². The van der Waals surface area contributed by atoms with E-state index in [1.165, 1.54) is 5.56 Å². The molecule has 3 rings (SSSR count). The van der Waals surface area contributed by atoms with Gasteiger partial charge in [0.2, 0.25) is 17.6 Å². The number of nitrogens with zero attached hydrogens (tertiary/aromatic N) is 2. The summed E-state index contributed by atoms with van der Waals surface area (Å²) in [7, 11) is 0. The van der Waals surface area contributed by atoms with Crippen molar-refractivity contribution in [1.82, 2.24) is 15.5 Å². The van der Waals surface area contributed by atoms with Gasteiger partial charge < -0.3 is 14.6 Å². The van der Waals surface area contributed by atoms with Gasteiger partial charge >= 0.3 is 5.97 Å². The number of hydrogen-bond donors (Lipinski definition) is 1. The number of aryl methyl sites for hydroxylation is 1. The van der Waals surface area contributed by atoms with E-state index >= 15 is 0 Å². The second-order valence-electron chi connectivity index (χ2n) is 7.85. The van der Waals surface area contributed by atoms with Crippen molar-refractivity contribution in [2.45, 2.75) is 70.8 Å². The van der Waals surface area contributed by atoms with Crippen molar-refractivity contribution in [2.75, 3.05) is 6.61 Å². The summed E-state index contributed by atoms with van der Waals surface area (Å²) in [6.45, 7) is 6.36. The van der Waals surface area contributed by atoms with Crippen LogP contribution in [0.3, 0.4) is 0 Å². The first-order chi connectivity index (χ1) is 13.9. The summed E-state index contributed by atoms with van der Waals surface area (Å²) in [6.07, 6.45) is 3.55. The number of carbonyl (C=O) groups is 2. The minimum atomic E-state index is -0.884. The van der Waals surface area contributed by atoms with Crippen LogP contribution in [0.5, 0.6) is 0 Å². The van der Waals surface area contributed by atoms with Gasteiger partial charge in [-0.05, 0) is 31.2 Å². The lowest BCUT2D eigenvalue weighted by atomic mass is 9.97. The Balaban J connectivity index is 1.57. The van der Waals surface area contributed by atoms with E-state index < -0.39 is 5.54 Å². The topological polar surface area (TPSA) is 94.3 Å². The second kappa shape index (κ2) is 9.20. The molecule has 156 valence electrons. The Labute approximate surface area is 171 Å². The van der Waals surface area contributed by atoms with Crippen LogP contribution in [0.1, 0.15) is 70.2 Å². The molecule has 1 aliphatic rings. The van der Waals surface area contributed by atoms with Crippen molar-refractivity contribution in [3.8, 4) is 11.4 Å². The third-order valence-electron chi connectivity index (χ3n) is 5.37. The lowest BCUT2D eigenvalue weighted by Crippen LogP contribution is -2.53. The Morgan fingerprint density at radius 3 is 2.52 bits per heavy atom. The van der Waals surface area contributed by atoms with Crippen LogP contribution in [0.4, 0.5) is 0 Å². The molecule has 1 saturated carbocycles. The van der Waals surface area contributed by atoms with Gasteiger partial charge in [0.05, 0.1) is 6.61 Å². The highest BCUT2D eigenvalue weighted by molar-refractivity contribution is 5.88. The first kappa shape index (κ1) is 21.0. The Bertz CT molecular complexity index is 836. The molecule has 1 fully saturated rings. The monoisotopic (exact) mass is 399 g/mol. The lowest BCUT2D eigenvalue weighted by molar-refractivity contribution is -0.153. The van der Waals surface area contributed by atoms with Gasteiger partial charge in [0, 0.05) is 18.4 Å². The molecule has 1 N–H and O–H groups in total. The number of benzene rings is 1. The average Bonchev–Trinajstić information content (AvgIpc) is 3.37.